The summed E-state index contributed by atoms with van der Waals surface area (Å²) < 4.78 is 0. The van der Waals surface area contributed by atoms with Gasteiger partial charge in [0, 0.05) is 6.20 Å². The average Bonchev–Trinajstić information content (AvgIpc) is 2.95. The molecule has 5 N–H and O–H groups in total. The molecule has 0 unspecified atom stereocenters. The third kappa shape index (κ3) is 2.69. The number of nitrogens with one attached hydrogen (secondary N) is 2. The summed E-state index contributed by atoms with van der Waals surface area (Å²) in [7, 11) is 0. The minimum absolute atomic E-state index is 0.0660. The number of carbonyl (C=O) groups excluding carboxylic acids is 1. The number of amidine groups is 1. The molecule has 1 aromatic heterocycles. The summed E-state index contributed by atoms with van der Waals surface area (Å²) in [5.41, 5.74) is 5.47. The number of hydrogen-bond acceptors (Lipinski definition) is 4. The van der Waals surface area contributed by atoms with Gasteiger partial charge < -0.3 is 16.3 Å². The van der Waals surface area contributed by atoms with Gasteiger partial charge in [0.2, 0.25) is 0 Å². The molecule has 0 bridgehead atoms. The van der Waals surface area contributed by atoms with Gasteiger partial charge in [0.05, 0.1) is 11.8 Å². The normalized spacial score (nSPS) is 28.1. The number of aromatic nitrogens is 2. The number of amides is 1. The Kier molecular flexibility index (Phi) is 3.73. The number of carbonyl (C=O) groups is 1. The van der Waals surface area contributed by atoms with Crippen molar-refractivity contribution in [3.8, 4) is 0 Å². The quantitative estimate of drug-likeness (QED) is 0.280. The van der Waals surface area contributed by atoms with Crippen LogP contribution in [0.1, 0.15) is 43.0 Å². The third-order valence-corrected chi connectivity index (χ3v) is 3.84. The minimum atomic E-state index is -0.754. The predicted molar refractivity (Wildman–Crippen MR) is 69.8 cm³/mol. The molecule has 0 atom stereocenters. The first-order valence-corrected chi connectivity index (χ1v) is 6.37. The molecule has 2 rings (SSSR count). The summed E-state index contributed by atoms with van der Waals surface area (Å²) in [5.74, 6) is 0.386. The zero-order chi connectivity index (χ0) is 13.9. The molecular weight excluding hydrogens is 246 g/mol. The van der Waals surface area contributed by atoms with Crippen LogP contribution >= 0.6 is 0 Å². The number of nitrogens with two attached hydrogens (primary N) is 1. The van der Waals surface area contributed by atoms with E-state index in [4.69, 9.17) is 10.9 Å². The number of H-pyrrole nitrogens is 1. The van der Waals surface area contributed by atoms with Gasteiger partial charge in [-0.25, -0.2) is 0 Å². The topological polar surface area (TPSA) is 116 Å². The predicted octanol–water partition coefficient (Wildman–Crippen LogP) is 0.835. The van der Waals surface area contributed by atoms with Crippen molar-refractivity contribution in [1.82, 2.24) is 15.5 Å². The smallest absolute Gasteiger partial charge is 0.255 e. The van der Waals surface area contributed by atoms with Crippen molar-refractivity contribution in [2.45, 2.75) is 38.1 Å². The lowest BCUT2D eigenvalue weighted by atomic mass is 9.76. The van der Waals surface area contributed by atoms with Crippen molar-refractivity contribution in [1.29, 1.82) is 0 Å². The van der Waals surface area contributed by atoms with Crippen LogP contribution in [0.25, 0.3) is 0 Å². The van der Waals surface area contributed by atoms with Crippen molar-refractivity contribution >= 4 is 11.7 Å². The summed E-state index contributed by atoms with van der Waals surface area (Å²) in [6.45, 7) is 2.16. The van der Waals surface area contributed by atoms with Crippen LogP contribution in [0.3, 0.4) is 0 Å². The highest BCUT2D eigenvalue weighted by molar-refractivity contribution is 6.00. The number of rotatable bonds is 3. The fourth-order valence-electron chi connectivity index (χ4n) is 2.46. The van der Waals surface area contributed by atoms with E-state index in [2.05, 4.69) is 27.6 Å². The molecule has 1 aliphatic carbocycles. The Morgan fingerprint density at radius 3 is 2.84 bits per heavy atom. The van der Waals surface area contributed by atoms with Gasteiger partial charge in [-0.05, 0) is 31.6 Å². The van der Waals surface area contributed by atoms with Crippen molar-refractivity contribution in [2.24, 2.45) is 16.8 Å². The molecule has 104 valence electrons. The van der Waals surface area contributed by atoms with Crippen LogP contribution in [-0.4, -0.2) is 32.7 Å². The highest BCUT2D eigenvalue weighted by Gasteiger charge is 2.40. The summed E-state index contributed by atoms with van der Waals surface area (Å²) in [4.78, 5) is 12.1. The first-order valence-electron chi connectivity index (χ1n) is 6.37. The van der Waals surface area contributed by atoms with E-state index >= 15 is 0 Å². The molecule has 1 amide bonds. The number of aromatic amines is 1. The van der Waals surface area contributed by atoms with Crippen molar-refractivity contribution < 1.29 is 10.0 Å². The molecule has 1 aromatic rings. The first kappa shape index (κ1) is 13.4. The van der Waals surface area contributed by atoms with E-state index in [9.17, 15) is 4.79 Å². The van der Waals surface area contributed by atoms with Gasteiger partial charge in [-0.2, -0.15) is 5.10 Å². The number of hydrogen-bond donors (Lipinski definition) is 4. The maximum absolute atomic E-state index is 12.1. The van der Waals surface area contributed by atoms with Crippen molar-refractivity contribution in [2.75, 3.05) is 0 Å². The van der Waals surface area contributed by atoms with E-state index in [0.717, 1.165) is 12.8 Å². The second-order valence-corrected chi connectivity index (χ2v) is 5.19. The van der Waals surface area contributed by atoms with Crippen molar-refractivity contribution in [3.05, 3.63) is 18.0 Å². The van der Waals surface area contributed by atoms with Crippen LogP contribution in [0, 0.1) is 5.92 Å². The molecule has 1 saturated carbocycles. The zero-order valence-corrected chi connectivity index (χ0v) is 10.9. The molecule has 1 heterocycles. The maximum Gasteiger partial charge on any atom is 0.255 e. The van der Waals surface area contributed by atoms with Gasteiger partial charge >= 0.3 is 0 Å². The van der Waals surface area contributed by atoms with Gasteiger partial charge in [0.15, 0.2) is 5.84 Å². The Labute approximate surface area is 111 Å². The lowest BCUT2D eigenvalue weighted by Crippen LogP contribution is -2.59. The molecule has 0 spiro atoms. The Hall–Kier alpha value is -2.05. The fourth-order valence-corrected chi connectivity index (χ4v) is 2.46. The zero-order valence-electron chi connectivity index (χ0n) is 10.9. The van der Waals surface area contributed by atoms with Gasteiger partial charge in [-0.1, -0.05) is 12.1 Å². The summed E-state index contributed by atoms with van der Waals surface area (Å²) in [5, 5.41) is 21.3. The van der Waals surface area contributed by atoms with Gasteiger partial charge in [-0.15, -0.1) is 0 Å². The second-order valence-electron chi connectivity index (χ2n) is 5.19. The summed E-state index contributed by atoms with van der Waals surface area (Å²) in [6, 6.07) is 0. The SMILES string of the molecule is CC1CCC(NC(=O)c2cn[nH]c2)(C(N)=NO)CC1. The lowest BCUT2D eigenvalue weighted by Gasteiger charge is -2.38. The van der Waals surface area contributed by atoms with Gasteiger partial charge in [-0.3, -0.25) is 9.89 Å². The van der Waals surface area contributed by atoms with E-state index in [1.807, 2.05) is 0 Å². The Bertz CT molecular complexity index is 460. The van der Waals surface area contributed by atoms with Crippen LogP contribution in [0.4, 0.5) is 0 Å². The average molecular weight is 265 g/mol. The Balaban J connectivity index is 2.17. The standard InChI is InChI=1S/C12H19N5O2/c1-8-2-4-12(5-3-8,11(13)17-19)16-10(18)9-6-14-15-7-9/h6-8,19H,2-5H2,1H3,(H2,13,17)(H,14,15)(H,16,18). The van der Waals surface area contributed by atoms with Crippen LogP contribution in [-0.2, 0) is 0 Å². The van der Waals surface area contributed by atoms with Crippen LogP contribution in [0.2, 0.25) is 0 Å². The second kappa shape index (κ2) is 5.29. The van der Waals surface area contributed by atoms with E-state index in [0.29, 0.717) is 24.3 Å². The number of oxime groups is 1. The molecular formula is C12H19N5O2. The molecule has 0 radical (unpaired) electrons. The number of nitrogens with zero attached hydrogens (tertiary/aromatic N) is 2. The van der Waals surface area contributed by atoms with Gasteiger partial charge in [0.25, 0.3) is 5.91 Å². The molecule has 0 saturated heterocycles. The molecule has 0 aromatic carbocycles. The van der Waals surface area contributed by atoms with E-state index in [-0.39, 0.29) is 11.7 Å². The monoisotopic (exact) mass is 265 g/mol. The van der Waals surface area contributed by atoms with Crippen molar-refractivity contribution in [3.63, 3.8) is 0 Å². The summed E-state index contributed by atoms with van der Waals surface area (Å²) in [6.07, 6.45) is 6.17. The maximum atomic E-state index is 12.1. The van der Waals surface area contributed by atoms with E-state index in [1.165, 1.54) is 12.4 Å². The lowest BCUT2D eigenvalue weighted by molar-refractivity contribution is 0.0897. The minimum Gasteiger partial charge on any atom is -0.409 e. The highest BCUT2D eigenvalue weighted by Crippen LogP contribution is 2.32. The highest BCUT2D eigenvalue weighted by atomic mass is 16.4. The fraction of sp³-hybridized carbons (Fsp3) is 0.583. The van der Waals surface area contributed by atoms with E-state index < -0.39 is 5.54 Å². The summed E-state index contributed by atoms with van der Waals surface area (Å²) >= 11 is 0. The van der Waals surface area contributed by atoms with Gasteiger partial charge in [0.1, 0.15) is 5.54 Å². The van der Waals surface area contributed by atoms with Crippen LogP contribution in [0.15, 0.2) is 17.5 Å². The molecule has 1 fully saturated rings. The molecule has 7 nitrogen and oxygen atoms in total. The van der Waals surface area contributed by atoms with Crippen LogP contribution < -0.4 is 11.1 Å². The molecule has 0 aliphatic heterocycles. The Morgan fingerprint density at radius 1 is 1.63 bits per heavy atom. The molecule has 19 heavy (non-hydrogen) atoms. The first-order chi connectivity index (χ1) is 9.07. The largest absolute Gasteiger partial charge is 0.409 e. The molecule has 1 aliphatic rings. The van der Waals surface area contributed by atoms with E-state index in [1.54, 1.807) is 0 Å². The van der Waals surface area contributed by atoms with Crippen LogP contribution in [0.5, 0.6) is 0 Å². The third-order valence-electron chi connectivity index (χ3n) is 3.84. The molecule has 7 heteroatoms. The Morgan fingerprint density at radius 2 is 2.32 bits per heavy atom.